The zero-order chi connectivity index (χ0) is 20.3. The quantitative estimate of drug-likeness (QED) is 0.529. The van der Waals surface area contributed by atoms with Gasteiger partial charge < -0.3 is 4.90 Å². The van der Waals surface area contributed by atoms with E-state index in [-0.39, 0.29) is 10.6 Å². The maximum atomic E-state index is 13.0. The zero-order valence-corrected chi connectivity index (χ0v) is 17.5. The molecule has 0 spiro atoms. The molecule has 2 aliphatic heterocycles. The van der Waals surface area contributed by atoms with Crippen molar-refractivity contribution in [3.05, 3.63) is 28.3 Å². The minimum atomic E-state index is -3.70. The SMILES string of the molecule is CCCN1CCN(c2ccc(S(=O)(=O)N3CCC(C)CC3)cc2[N+](=O)[O-])CC1. The molecule has 9 heteroatoms. The van der Waals surface area contributed by atoms with Gasteiger partial charge in [0, 0.05) is 45.3 Å². The van der Waals surface area contributed by atoms with Crippen molar-refractivity contribution in [2.75, 3.05) is 50.7 Å². The van der Waals surface area contributed by atoms with Crippen LogP contribution in [-0.2, 0) is 10.0 Å². The Hall–Kier alpha value is -1.71. The van der Waals surface area contributed by atoms with Gasteiger partial charge in [-0.05, 0) is 43.9 Å². The number of anilines is 1. The molecular formula is C19H30N4O4S. The van der Waals surface area contributed by atoms with Crippen molar-refractivity contribution in [1.82, 2.24) is 9.21 Å². The Morgan fingerprint density at radius 3 is 2.32 bits per heavy atom. The zero-order valence-electron chi connectivity index (χ0n) is 16.7. The Morgan fingerprint density at radius 2 is 1.75 bits per heavy atom. The summed E-state index contributed by atoms with van der Waals surface area (Å²) in [5.74, 6) is 0.509. The van der Waals surface area contributed by atoms with Gasteiger partial charge in [-0.15, -0.1) is 0 Å². The Morgan fingerprint density at radius 1 is 1.11 bits per heavy atom. The summed E-state index contributed by atoms with van der Waals surface area (Å²) in [5, 5.41) is 11.7. The van der Waals surface area contributed by atoms with E-state index in [2.05, 4.69) is 18.7 Å². The summed E-state index contributed by atoms with van der Waals surface area (Å²) in [6.45, 7) is 9.35. The van der Waals surface area contributed by atoms with Gasteiger partial charge in [-0.25, -0.2) is 8.42 Å². The van der Waals surface area contributed by atoms with E-state index in [1.807, 2.05) is 4.90 Å². The van der Waals surface area contributed by atoms with E-state index in [0.29, 0.717) is 37.8 Å². The third-order valence-electron chi connectivity index (χ3n) is 5.78. The van der Waals surface area contributed by atoms with Gasteiger partial charge in [0.15, 0.2) is 0 Å². The van der Waals surface area contributed by atoms with Crippen LogP contribution < -0.4 is 4.90 Å². The lowest BCUT2D eigenvalue weighted by atomic mass is 10.0. The monoisotopic (exact) mass is 410 g/mol. The van der Waals surface area contributed by atoms with Crippen LogP contribution in [0.15, 0.2) is 23.1 Å². The summed E-state index contributed by atoms with van der Waals surface area (Å²) < 4.78 is 27.4. The van der Waals surface area contributed by atoms with Crippen molar-refractivity contribution in [2.45, 2.75) is 38.0 Å². The van der Waals surface area contributed by atoms with Crippen LogP contribution in [0.25, 0.3) is 0 Å². The second kappa shape index (κ2) is 8.75. The molecule has 8 nitrogen and oxygen atoms in total. The number of nitrogens with zero attached hydrogens (tertiary/aromatic N) is 4. The van der Waals surface area contributed by atoms with Crippen LogP contribution in [-0.4, -0.2) is 68.4 Å². The Kier molecular flexibility index (Phi) is 6.57. The summed E-state index contributed by atoms with van der Waals surface area (Å²) in [6, 6.07) is 4.36. The van der Waals surface area contributed by atoms with Crippen molar-refractivity contribution in [3.8, 4) is 0 Å². The topological polar surface area (TPSA) is 87.0 Å². The molecule has 0 aliphatic carbocycles. The van der Waals surface area contributed by atoms with E-state index >= 15 is 0 Å². The molecule has 0 aromatic heterocycles. The molecule has 0 atom stereocenters. The van der Waals surface area contributed by atoms with Gasteiger partial charge >= 0.3 is 0 Å². The van der Waals surface area contributed by atoms with Crippen LogP contribution in [0.4, 0.5) is 11.4 Å². The van der Waals surface area contributed by atoms with Crippen molar-refractivity contribution in [2.24, 2.45) is 5.92 Å². The Balaban J connectivity index is 1.83. The molecule has 0 amide bonds. The normalized spacial score (nSPS) is 20.4. The fourth-order valence-electron chi connectivity index (χ4n) is 3.98. The highest BCUT2D eigenvalue weighted by molar-refractivity contribution is 7.89. The molecule has 1 aromatic carbocycles. The molecule has 28 heavy (non-hydrogen) atoms. The number of sulfonamides is 1. The highest BCUT2D eigenvalue weighted by Crippen LogP contribution is 2.33. The number of hydrogen-bond acceptors (Lipinski definition) is 6. The summed E-state index contributed by atoms with van der Waals surface area (Å²) in [7, 11) is -3.70. The first-order valence-corrected chi connectivity index (χ1v) is 11.5. The van der Waals surface area contributed by atoms with Gasteiger partial charge in [0.2, 0.25) is 10.0 Å². The third-order valence-corrected chi connectivity index (χ3v) is 7.67. The van der Waals surface area contributed by atoms with Crippen molar-refractivity contribution >= 4 is 21.4 Å². The summed E-state index contributed by atoms with van der Waals surface area (Å²) in [6.07, 6.45) is 2.73. The number of hydrogen-bond donors (Lipinski definition) is 0. The van der Waals surface area contributed by atoms with E-state index in [0.717, 1.165) is 38.9 Å². The number of nitro groups is 1. The molecule has 0 saturated carbocycles. The van der Waals surface area contributed by atoms with E-state index in [9.17, 15) is 18.5 Å². The van der Waals surface area contributed by atoms with Crippen LogP contribution in [0, 0.1) is 16.0 Å². The molecule has 0 bridgehead atoms. The molecule has 0 radical (unpaired) electrons. The van der Waals surface area contributed by atoms with Crippen LogP contribution in [0.5, 0.6) is 0 Å². The van der Waals surface area contributed by atoms with Crippen LogP contribution in [0.2, 0.25) is 0 Å². The van der Waals surface area contributed by atoms with E-state index < -0.39 is 14.9 Å². The average Bonchev–Trinajstić information content (AvgIpc) is 2.68. The summed E-state index contributed by atoms with van der Waals surface area (Å²) >= 11 is 0. The fourth-order valence-corrected chi connectivity index (χ4v) is 5.47. The second-order valence-electron chi connectivity index (χ2n) is 7.82. The van der Waals surface area contributed by atoms with Crippen LogP contribution in [0.1, 0.15) is 33.1 Å². The lowest BCUT2D eigenvalue weighted by Gasteiger charge is -2.35. The van der Waals surface area contributed by atoms with E-state index in [1.54, 1.807) is 6.07 Å². The summed E-state index contributed by atoms with van der Waals surface area (Å²) in [4.78, 5) is 15.6. The van der Waals surface area contributed by atoms with Gasteiger partial charge in [-0.2, -0.15) is 4.31 Å². The first-order chi connectivity index (χ1) is 13.3. The third kappa shape index (κ3) is 4.47. The maximum Gasteiger partial charge on any atom is 0.293 e. The molecular weight excluding hydrogens is 380 g/mol. The molecule has 2 aliphatic rings. The minimum absolute atomic E-state index is 0.0159. The first kappa shape index (κ1) is 21.0. The number of piperazine rings is 1. The van der Waals surface area contributed by atoms with Crippen LogP contribution >= 0.6 is 0 Å². The molecule has 2 saturated heterocycles. The fraction of sp³-hybridized carbons (Fsp3) is 0.684. The van der Waals surface area contributed by atoms with E-state index in [1.165, 1.54) is 16.4 Å². The standard InChI is InChI=1S/C19H30N4O4S/c1-3-8-20-11-13-21(14-12-20)18-5-4-17(15-19(18)23(24)25)28(26,27)22-9-6-16(2)7-10-22/h4-5,15-16H,3,6-14H2,1-2H3. The average molecular weight is 411 g/mol. The molecule has 0 unspecified atom stereocenters. The largest absolute Gasteiger partial charge is 0.363 e. The van der Waals surface area contributed by atoms with Gasteiger partial charge in [-0.1, -0.05) is 13.8 Å². The smallest absolute Gasteiger partial charge is 0.293 e. The Bertz CT molecular complexity index is 798. The number of nitro benzene ring substituents is 1. The molecule has 3 rings (SSSR count). The minimum Gasteiger partial charge on any atom is -0.363 e. The maximum absolute atomic E-state index is 13.0. The number of piperidine rings is 1. The summed E-state index contributed by atoms with van der Waals surface area (Å²) in [5.41, 5.74) is 0.378. The molecule has 2 fully saturated rings. The lowest BCUT2D eigenvalue weighted by molar-refractivity contribution is -0.384. The van der Waals surface area contributed by atoms with Gasteiger partial charge in [0.1, 0.15) is 5.69 Å². The number of rotatable bonds is 6. The van der Waals surface area contributed by atoms with E-state index in [4.69, 9.17) is 0 Å². The van der Waals surface area contributed by atoms with Crippen molar-refractivity contribution < 1.29 is 13.3 Å². The van der Waals surface area contributed by atoms with Gasteiger partial charge in [0.25, 0.3) is 5.69 Å². The predicted molar refractivity (Wildman–Crippen MR) is 109 cm³/mol. The van der Waals surface area contributed by atoms with Crippen molar-refractivity contribution in [1.29, 1.82) is 0 Å². The molecule has 0 N–H and O–H groups in total. The molecule has 156 valence electrons. The highest BCUT2D eigenvalue weighted by atomic mass is 32.2. The second-order valence-corrected chi connectivity index (χ2v) is 9.76. The van der Waals surface area contributed by atoms with Crippen LogP contribution in [0.3, 0.4) is 0 Å². The van der Waals surface area contributed by atoms with Gasteiger partial charge in [-0.3, -0.25) is 15.0 Å². The first-order valence-electron chi connectivity index (χ1n) is 10.1. The number of benzene rings is 1. The Labute approximate surface area is 167 Å². The predicted octanol–water partition coefficient (Wildman–Crippen LogP) is 2.55. The van der Waals surface area contributed by atoms with Crippen molar-refractivity contribution in [3.63, 3.8) is 0 Å². The van der Waals surface area contributed by atoms with Gasteiger partial charge in [0.05, 0.1) is 9.82 Å². The molecule has 2 heterocycles. The lowest BCUT2D eigenvalue weighted by Crippen LogP contribution is -2.46. The highest BCUT2D eigenvalue weighted by Gasteiger charge is 2.31. The molecule has 1 aromatic rings.